The van der Waals surface area contributed by atoms with Crippen molar-refractivity contribution >= 4 is 28.6 Å². The number of ether oxygens (including phenoxy) is 1. The van der Waals surface area contributed by atoms with Gasteiger partial charge in [0, 0.05) is 44.0 Å². The average Bonchev–Trinajstić information content (AvgIpc) is 2.70. The van der Waals surface area contributed by atoms with Crippen LogP contribution in [0.15, 0.2) is 42.5 Å². The molecule has 0 aliphatic carbocycles. The van der Waals surface area contributed by atoms with Crippen LogP contribution in [0.3, 0.4) is 0 Å². The van der Waals surface area contributed by atoms with E-state index in [4.69, 9.17) is 4.74 Å². The molecule has 1 heterocycles. The molecule has 0 unspecified atom stereocenters. The molecule has 142 valence electrons. The van der Waals surface area contributed by atoms with Gasteiger partial charge in [-0.3, -0.25) is 9.59 Å². The van der Waals surface area contributed by atoms with E-state index in [9.17, 15) is 19.5 Å². The highest BCUT2D eigenvalue weighted by Crippen LogP contribution is 2.25. The van der Waals surface area contributed by atoms with Gasteiger partial charge >= 0.3 is 0 Å². The number of carbonyl (C=O) groups is 3. The van der Waals surface area contributed by atoms with Crippen LogP contribution in [-0.4, -0.2) is 60.4 Å². The molecule has 3 rings (SSSR count). The van der Waals surface area contributed by atoms with Crippen LogP contribution in [0.4, 0.5) is 0 Å². The van der Waals surface area contributed by atoms with E-state index in [1.165, 1.54) is 0 Å². The molecule has 7 heteroatoms. The molecule has 0 spiro atoms. The summed E-state index contributed by atoms with van der Waals surface area (Å²) in [7, 11) is 0. The van der Waals surface area contributed by atoms with Crippen molar-refractivity contribution in [2.45, 2.75) is 12.8 Å². The fourth-order valence-electron chi connectivity index (χ4n) is 3.12. The first-order valence-electron chi connectivity index (χ1n) is 8.90. The van der Waals surface area contributed by atoms with E-state index in [0.29, 0.717) is 31.9 Å². The summed E-state index contributed by atoms with van der Waals surface area (Å²) in [5.74, 6) is -0.927. The third kappa shape index (κ3) is 4.75. The molecule has 2 amide bonds. The van der Waals surface area contributed by atoms with E-state index >= 15 is 0 Å². The fourth-order valence-corrected chi connectivity index (χ4v) is 3.12. The number of hydrogen-bond acceptors (Lipinski definition) is 5. The Morgan fingerprint density at radius 3 is 2.19 bits per heavy atom. The minimum atomic E-state index is -1.23. The molecular weight excluding hydrogens is 348 g/mol. The number of aliphatic carboxylic acids is 1. The van der Waals surface area contributed by atoms with Crippen LogP contribution in [0.1, 0.15) is 12.8 Å². The van der Waals surface area contributed by atoms with Gasteiger partial charge in [-0.05, 0) is 17.9 Å². The second-order valence-corrected chi connectivity index (χ2v) is 6.40. The summed E-state index contributed by atoms with van der Waals surface area (Å²) in [5.41, 5.74) is 0. The molecule has 1 aliphatic rings. The van der Waals surface area contributed by atoms with Gasteiger partial charge in [0.25, 0.3) is 5.91 Å². The lowest BCUT2D eigenvalue weighted by molar-refractivity contribution is -0.305. The number of fused-ring (bicyclic) bond motifs is 1. The molecule has 2 aromatic rings. The molecule has 1 fully saturated rings. The van der Waals surface area contributed by atoms with Gasteiger partial charge in [-0.1, -0.05) is 36.4 Å². The van der Waals surface area contributed by atoms with Crippen molar-refractivity contribution in [1.29, 1.82) is 0 Å². The minimum Gasteiger partial charge on any atom is -0.550 e. The summed E-state index contributed by atoms with van der Waals surface area (Å²) in [5, 5.41) is 12.5. The zero-order valence-corrected chi connectivity index (χ0v) is 14.9. The Labute approximate surface area is 157 Å². The van der Waals surface area contributed by atoms with Crippen LogP contribution in [-0.2, 0) is 14.4 Å². The summed E-state index contributed by atoms with van der Waals surface area (Å²) in [6, 6.07) is 13.5. The lowest BCUT2D eigenvalue weighted by Crippen LogP contribution is -2.51. The molecule has 0 radical (unpaired) electrons. The van der Waals surface area contributed by atoms with Gasteiger partial charge in [0.05, 0.1) is 0 Å². The Balaban J connectivity index is 1.50. The molecule has 0 N–H and O–H groups in total. The van der Waals surface area contributed by atoms with E-state index in [1.807, 2.05) is 42.5 Å². The Kier molecular flexibility index (Phi) is 5.90. The molecule has 1 saturated heterocycles. The molecule has 0 saturated carbocycles. The molecule has 27 heavy (non-hydrogen) atoms. The van der Waals surface area contributed by atoms with Crippen LogP contribution >= 0.6 is 0 Å². The van der Waals surface area contributed by atoms with Crippen molar-refractivity contribution in [3.8, 4) is 5.75 Å². The molecular formula is C20H21N2O5-. The SMILES string of the molecule is O=C([O-])CCC(=O)N1CCN(C(=O)COc2cccc3ccccc23)CC1. The van der Waals surface area contributed by atoms with Gasteiger partial charge in [0.15, 0.2) is 6.61 Å². The Hall–Kier alpha value is -3.09. The zero-order chi connectivity index (χ0) is 19.2. The third-order valence-electron chi connectivity index (χ3n) is 4.63. The van der Waals surface area contributed by atoms with E-state index in [2.05, 4.69) is 0 Å². The van der Waals surface area contributed by atoms with Crippen molar-refractivity contribution in [2.75, 3.05) is 32.8 Å². The van der Waals surface area contributed by atoms with E-state index in [0.717, 1.165) is 10.8 Å². The molecule has 0 bridgehead atoms. The Morgan fingerprint density at radius 1 is 0.852 bits per heavy atom. The maximum absolute atomic E-state index is 12.4. The van der Waals surface area contributed by atoms with Crippen molar-refractivity contribution in [3.05, 3.63) is 42.5 Å². The average molecular weight is 369 g/mol. The molecule has 0 aromatic heterocycles. The highest BCUT2D eigenvalue weighted by Gasteiger charge is 2.24. The topological polar surface area (TPSA) is 90.0 Å². The van der Waals surface area contributed by atoms with E-state index < -0.39 is 5.97 Å². The predicted molar refractivity (Wildman–Crippen MR) is 96.8 cm³/mol. The molecule has 7 nitrogen and oxygen atoms in total. The third-order valence-corrected chi connectivity index (χ3v) is 4.63. The summed E-state index contributed by atoms with van der Waals surface area (Å²) >= 11 is 0. The Bertz CT molecular complexity index is 838. The number of carbonyl (C=O) groups excluding carboxylic acids is 3. The number of piperazine rings is 1. The standard InChI is InChI=1S/C20H22N2O5/c23-18(8-9-20(25)26)21-10-12-22(13-11-21)19(24)14-27-17-7-3-5-15-4-1-2-6-16(15)17/h1-7H,8-14H2,(H,25,26)/p-1. The van der Waals surface area contributed by atoms with Gasteiger partial charge in [-0.15, -0.1) is 0 Å². The van der Waals surface area contributed by atoms with Crippen LogP contribution in [0.5, 0.6) is 5.75 Å². The lowest BCUT2D eigenvalue weighted by Gasteiger charge is -2.34. The highest BCUT2D eigenvalue weighted by molar-refractivity contribution is 5.88. The molecule has 2 aromatic carbocycles. The van der Waals surface area contributed by atoms with Crippen LogP contribution in [0, 0.1) is 0 Å². The summed E-state index contributed by atoms with van der Waals surface area (Å²) < 4.78 is 5.73. The smallest absolute Gasteiger partial charge is 0.260 e. The van der Waals surface area contributed by atoms with Crippen molar-refractivity contribution in [3.63, 3.8) is 0 Å². The number of benzene rings is 2. The molecule has 1 aliphatic heterocycles. The van der Waals surface area contributed by atoms with Gasteiger partial charge in [0.2, 0.25) is 5.91 Å². The maximum atomic E-state index is 12.4. The second kappa shape index (κ2) is 8.53. The second-order valence-electron chi connectivity index (χ2n) is 6.40. The summed E-state index contributed by atoms with van der Waals surface area (Å²) in [6.07, 6.45) is -0.350. The predicted octanol–water partition coefficient (Wildman–Crippen LogP) is 0.420. The maximum Gasteiger partial charge on any atom is 0.260 e. The molecule has 0 atom stereocenters. The first kappa shape index (κ1) is 18.7. The summed E-state index contributed by atoms with van der Waals surface area (Å²) in [4.78, 5) is 38.0. The van der Waals surface area contributed by atoms with Gasteiger partial charge in [0.1, 0.15) is 5.75 Å². The fraction of sp³-hybridized carbons (Fsp3) is 0.350. The quantitative estimate of drug-likeness (QED) is 0.736. The normalized spacial score (nSPS) is 14.2. The van der Waals surface area contributed by atoms with E-state index in [-0.39, 0.29) is 31.3 Å². The van der Waals surface area contributed by atoms with Crippen molar-refractivity contribution in [1.82, 2.24) is 9.80 Å². The summed E-state index contributed by atoms with van der Waals surface area (Å²) in [6.45, 7) is 1.55. The number of carboxylic acids is 1. The zero-order valence-electron chi connectivity index (χ0n) is 14.9. The Morgan fingerprint density at radius 2 is 1.48 bits per heavy atom. The van der Waals surface area contributed by atoms with E-state index in [1.54, 1.807) is 9.80 Å². The highest BCUT2D eigenvalue weighted by atomic mass is 16.5. The van der Waals surface area contributed by atoms with Crippen LogP contribution in [0.25, 0.3) is 10.8 Å². The minimum absolute atomic E-state index is 0.0629. The first-order chi connectivity index (χ1) is 13.0. The number of nitrogens with zero attached hydrogens (tertiary/aromatic N) is 2. The van der Waals surface area contributed by atoms with Crippen LogP contribution in [0.2, 0.25) is 0 Å². The van der Waals surface area contributed by atoms with Crippen LogP contribution < -0.4 is 9.84 Å². The number of carboxylic acid groups (broad SMARTS) is 1. The van der Waals surface area contributed by atoms with Gasteiger partial charge < -0.3 is 24.4 Å². The largest absolute Gasteiger partial charge is 0.550 e. The monoisotopic (exact) mass is 369 g/mol. The van der Waals surface area contributed by atoms with Gasteiger partial charge in [-0.2, -0.15) is 0 Å². The number of amides is 2. The number of hydrogen-bond donors (Lipinski definition) is 0. The van der Waals surface area contributed by atoms with Crippen molar-refractivity contribution in [2.24, 2.45) is 0 Å². The van der Waals surface area contributed by atoms with Crippen molar-refractivity contribution < 1.29 is 24.2 Å². The number of rotatable bonds is 6. The lowest BCUT2D eigenvalue weighted by atomic mass is 10.1. The van der Waals surface area contributed by atoms with Gasteiger partial charge in [-0.25, -0.2) is 0 Å². The first-order valence-corrected chi connectivity index (χ1v) is 8.90.